The van der Waals surface area contributed by atoms with E-state index in [-0.39, 0.29) is 0 Å². The molecule has 21 heavy (non-hydrogen) atoms. The zero-order chi connectivity index (χ0) is 15.7. The number of nitrogens with one attached hydrogen (secondary N) is 1. The van der Waals surface area contributed by atoms with Crippen molar-refractivity contribution in [3.05, 3.63) is 35.8 Å². The van der Waals surface area contributed by atoms with Crippen LogP contribution in [0.3, 0.4) is 0 Å². The molecule has 120 valence electrons. The van der Waals surface area contributed by atoms with Crippen LogP contribution in [0.1, 0.15) is 30.9 Å². The highest BCUT2D eigenvalue weighted by Crippen LogP contribution is 2.16. The number of furan rings is 1. The molecule has 1 aromatic heterocycles. The first-order valence-corrected chi connectivity index (χ1v) is 7.67. The fourth-order valence-corrected chi connectivity index (χ4v) is 2.18. The second-order valence-electron chi connectivity index (χ2n) is 5.86. The highest BCUT2D eigenvalue weighted by Gasteiger charge is 2.11. The van der Waals surface area contributed by atoms with Crippen LogP contribution in [0.25, 0.3) is 0 Å². The third kappa shape index (κ3) is 6.93. The Balaban J connectivity index is 2.55. The summed E-state index contributed by atoms with van der Waals surface area (Å²) in [6.45, 7) is 15.3. The van der Waals surface area contributed by atoms with Crippen molar-refractivity contribution in [2.45, 2.75) is 33.9 Å². The number of ether oxygens (including phenoxy) is 1. The summed E-state index contributed by atoms with van der Waals surface area (Å²) in [6.07, 6.45) is 1.91. The van der Waals surface area contributed by atoms with Gasteiger partial charge in [-0.3, -0.25) is 4.90 Å². The summed E-state index contributed by atoms with van der Waals surface area (Å²) in [5.41, 5.74) is 1.21. The van der Waals surface area contributed by atoms with Gasteiger partial charge in [0.2, 0.25) is 0 Å². The maximum Gasteiger partial charge on any atom is 0.120 e. The van der Waals surface area contributed by atoms with Gasteiger partial charge in [-0.1, -0.05) is 19.9 Å². The van der Waals surface area contributed by atoms with Gasteiger partial charge in [-0.25, -0.2) is 0 Å². The molecular weight excluding hydrogens is 264 g/mol. The number of hydrogen-bond acceptors (Lipinski definition) is 4. The lowest BCUT2D eigenvalue weighted by molar-refractivity contribution is 0.146. The molecule has 1 N–H and O–H groups in total. The molecule has 1 rings (SSSR count). The van der Waals surface area contributed by atoms with E-state index < -0.39 is 0 Å². The minimum Gasteiger partial charge on any atom is -0.463 e. The number of nitrogens with zero attached hydrogens (tertiary/aromatic N) is 1. The van der Waals surface area contributed by atoms with E-state index in [2.05, 4.69) is 43.6 Å². The van der Waals surface area contributed by atoms with Gasteiger partial charge in [0.15, 0.2) is 0 Å². The molecule has 0 radical (unpaired) electrons. The first kappa shape index (κ1) is 18.0. The van der Waals surface area contributed by atoms with E-state index in [0.717, 1.165) is 50.9 Å². The zero-order valence-electron chi connectivity index (χ0n) is 13.9. The Bertz CT molecular complexity index is 413. The first-order chi connectivity index (χ1) is 10.1. The standard InChI is InChI=1S/C17H30N2O2/c1-6-7-19(8-9-20-5)13-16-10-15(4)17(21-16)12-18-11-14(2)3/h6,10,14,18H,1,7-9,11-13H2,2-5H3. The molecule has 0 bridgehead atoms. The maximum absolute atomic E-state index is 5.97. The number of methoxy groups -OCH3 is 1. The van der Waals surface area contributed by atoms with Gasteiger partial charge in [0.25, 0.3) is 0 Å². The minimum absolute atomic E-state index is 0.650. The molecule has 0 unspecified atom stereocenters. The third-order valence-corrected chi connectivity index (χ3v) is 3.29. The molecule has 1 heterocycles. The van der Waals surface area contributed by atoms with Gasteiger partial charge < -0.3 is 14.5 Å². The van der Waals surface area contributed by atoms with Crippen molar-refractivity contribution in [3.63, 3.8) is 0 Å². The van der Waals surface area contributed by atoms with Gasteiger partial charge in [-0.15, -0.1) is 6.58 Å². The Labute approximate surface area is 129 Å². The average molecular weight is 294 g/mol. The summed E-state index contributed by atoms with van der Waals surface area (Å²) in [5.74, 6) is 2.69. The van der Waals surface area contributed by atoms with E-state index in [9.17, 15) is 0 Å². The lowest BCUT2D eigenvalue weighted by Gasteiger charge is -2.18. The summed E-state index contributed by atoms with van der Waals surface area (Å²) in [4.78, 5) is 2.26. The van der Waals surface area contributed by atoms with Crippen molar-refractivity contribution in [2.24, 2.45) is 5.92 Å². The Morgan fingerprint density at radius 2 is 2.24 bits per heavy atom. The Kier molecular flexibility index (Phi) is 8.35. The zero-order valence-corrected chi connectivity index (χ0v) is 13.9. The summed E-state index contributed by atoms with van der Waals surface area (Å²) in [5, 5.41) is 3.42. The van der Waals surface area contributed by atoms with Crippen molar-refractivity contribution < 1.29 is 9.15 Å². The quantitative estimate of drug-likeness (QED) is 0.637. The Hall–Kier alpha value is -1.10. The van der Waals surface area contributed by atoms with Gasteiger partial charge in [-0.05, 0) is 31.0 Å². The van der Waals surface area contributed by atoms with Crippen LogP contribution in [0.2, 0.25) is 0 Å². The summed E-state index contributed by atoms with van der Waals surface area (Å²) in [6, 6.07) is 2.13. The van der Waals surface area contributed by atoms with Crippen molar-refractivity contribution in [1.29, 1.82) is 0 Å². The molecule has 0 spiro atoms. The summed E-state index contributed by atoms with van der Waals surface area (Å²) < 4.78 is 11.1. The lowest BCUT2D eigenvalue weighted by atomic mass is 10.2. The second-order valence-corrected chi connectivity index (χ2v) is 5.86. The number of aryl methyl sites for hydroxylation is 1. The average Bonchev–Trinajstić information content (AvgIpc) is 2.76. The fourth-order valence-electron chi connectivity index (χ4n) is 2.18. The topological polar surface area (TPSA) is 37.6 Å². The maximum atomic E-state index is 5.97. The molecule has 0 fully saturated rings. The molecule has 0 saturated heterocycles. The SMILES string of the molecule is C=CCN(CCOC)Cc1cc(C)c(CNCC(C)C)o1. The largest absolute Gasteiger partial charge is 0.463 e. The molecular formula is C17H30N2O2. The van der Waals surface area contributed by atoms with Gasteiger partial charge in [0, 0.05) is 20.2 Å². The van der Waals surface area contributed by atoms with E-state index in [4.69, 9.17) is 9.15 Å². The smallest absolute Gasteiger partial charge is 0.120 e. The molecule has 0 saturated carbocycles. The van der Waals surface area contributed by atoms with Crippen LogP contribution < -0.4 is 5.32 Å². The fraction of sp³-hybridized carbons (Fsp3) is 0.647. The van der Waals surface area contributed by atoms with Crippen molar-refractivity contribution in [2.75, 3.05) is 33.4 Å². The van der Waals surface area contributed by atoms with Crippen LogP contribution in [0.4, 0.5) is 0 Å². The van der Waals surface area contributed by atoms with Crippen LogP contribution in [-0.4, -0.2) is 38.3 Å². The summed E-state index contributed by atoms with van der Waals surface area (Å²) in [7, 11) is 1.72. The van der Waals surface area contributed by atoms with Crippen molar-refractivity contribution in [3.8, 4) is 0 Å². The van der Waals surface area contributed by atoms with E-state index in [1.165, 1.54) is 5.56 Å². The van der Waals surface area contributed by atoms with Crippen molar-refractivity contribution >= 4 is 0 Å². The predicted molar refractivity (Wildman–Crippen MR) is 87.3 cm³/mol. The second kappa shape index (κ2) is 9.77. The normalized spacial score (nSPS) is 11.5. The van der Waals surface area contributed by atoms with Crippen molar-refractivity contribution in [1.82, 2.24) is 10.2 Å². The molecule has 4 nitrogen and oxygen atoms in total. The number of hydrogen-bond donors (Lipinski definition) is 1. The summed E-state index contributed by atoms with van der Waals surface area (Å²) >= 11 is 0. The highest BCUT2D eigenvalue weighted by molar-refractivity contribution is 5.20. The van der Waals surface area contributed by atoms with E-state index in [0.29, 0.717) is 5.92 Å². The molecule has 4 heteroatoms. The molecule has 1 aromatic rings. The van der Waals surface area contributed by atoms with E-state index in [1.54, 1.807) is 7.11 Å². The van der Waals surface area contributed by atoms with Gasteiger partial charge in [0.05, 0.1) is 19.7 Å². The Morgan fingerprint density at radius 1 is 1.48 bits per heavy atom. The molecule has 0 aliphatic rings. The highest BCUT2D eigenvalue weighted by atomic mass is 16.5. The minimum atomic E-state index is 0.650. The van der Waals surface area contributed by atoms with Gasteiger partial charge >= 0.3 is 0 Å². The molecule has 0 atom stereocenters. The van der Waals surface area contributed by atoms with Crippen LogP contribution in [0, 0.1) is 12.8 Å². The monoisotopic (exact) mass is 294 g/mol. The first-order valence-electron chi connectivity index (χ1n) is 7.67. The molecule has 0 amide bonds. The lowest BCUT2D eigenvalue weighted by Crippen LogP contribution is -2.26. The van der Waals surface area contributed by atoms with E-state index in [1.807, 2.05) is 6.08 Å². The van der Waals surface area contributed by atoms with E-state index >= 15 is 0 Å². The van der Waals surface area contributed by atoms with Crippen LogP contribution >= 0.6 is 0 Å². The van der Waals surface area contributed by atoms with Crippen LogP contribution in [-0.2, 0) is 17.8 Å². The van der Waals surface area contributed by atoms with Gasteiger partial charge in [0.1, 0.15) is 11.5 Å². The molecule has 0 aliphatic heterocycles. The van der Waals surface area contributed by atoms with Gasteiger partial charge in [-0.2, -0.15) is 0 Å². The number of rotatable bonds is 11. The molecule has 0 aromatic carbocycles. The predicted octanol–water partition coefficient (Wildman–Crippen LogP) is 2.97. The van der Waals surface area contributed by atoms with Crippen LogP contribution in [0.15, 0.2) is 23.1 Å². The Morgan fingerprint density at radius 3 is 2.86 bits per heavy atom. The molecule has 0 aliphatic carbocycles. The van der Waals surface area contributed by atoms with Crippen LogP contribution in [0.5, 0.6) is 0 Å². The third-order valence-electron chi connectivity index (χ3n) is 3.29.